The Morgan fingerprint density at radius 3 is 2.22 bits per heavy atom. The van der Waals surface area contributed by atoms with Crippen molar-refractivity contribution in [3.05, 3.63) is 99.7 Å². The second-order valence-corrected chi connectivity index (χ2v) is 8.96. The zero-order chi connectivity index (χ0) is 25.9. The first-order chi connectivity index (χ1) is 17.9. The highest BCUT2D eigenvalue weighted by Crippen LogP contribution is 2.29. The third kappa shape index (κ3) is 4.99. The van der Waals surface area contributed by atoms with Crippen LogP contribution in [0.1, 0.15) is 10.5 Å². The molecule has 0 spiro atoms. The third-order valence-electron chi connectivity index (χ3n) is 6.39. The molecule has 9 nitrogen and oxygen atoms in total. The standard InChI is InChI=1S/C27H24ClN5O4/c1-37-22-12-10-20(11-13-22)32-26(18-25(29-32)23-4-2-3-5-24(23)28)27(34)31-16-14-30(15-17-31)19-6-8-21(9-7-19)33(35)36/h2-13,18H,14-17H2,1H3. The summed E-state index contributed by atoms with van der Waals surface area (Å²) in [6, 6.07) is 23.0. The summed E-state index contributed by atoms with van der Waals surface area (Å²) in [5.41, 5.74) is 3.46. The smallest absolute Gasteiger partial charge is 0.272 e. The lowest BCUT2D eigenvalue weighted by Crippen LogP contribution is -2.49. The Kier molecular flexibility index (Phi) is 6.78. The maximum absolute atomic E-state index is 13.7. The summed E-state index contributed by atoms with van der Waals surface area (Å²) < 4.78 is 6.91. The number of nitro groups is 1. The predicted octanol–water partition coefficient (Wildman–Crippen LogP) is 5.07. The molecule has 10 heteroatoms. The van der Waals surface area contributed by atoms with Gasteiger partial charge >= 0.3 is 0 Å². The molecule has 1 aromatic heterocycles. The lowest BCUT2D eigenvalue weighted by Gasteiger charge is -2.36. The first-order valence-electron chi connectivity index (χ1n) is 11.7. The van der Waals surface area contributed by atoms with Crippen LogP contribution in [-0.2, 0) is 0 Å². The summed E-state index contributed by atoms with van der Waals surface area (Å²) >= 11 is 6.43. The minimum absolute atomic E-state index is 0.0543. The van der Waals surface area contributed by atoms with Gasteiger partial charge in [0.05, 0.1) is 28.4 Å². The molecule has 4 aromatic rings. The molecule has 0 atom stereocenters. The van der Waals surface area contributed by atoms with Crippen molar-refractivity contribution in [3.8, 4) is 22.7 Å². The summed E-state index contributed by atoms with van der Waals surface area (Å²) in [5, 5.41) is 16.2. The molecule has 1 aliphatic rings. The summed E-state index contributed by atoms with van der Waals surface area (Å²) in [6.45, 7) is 2.23. The molecule has 37 heavy (non-hydrogen) atoms. The van der Waals surface area contributed by atoms with Crippen LogP contribution < -0.4 is 9.64 Å². The summed E-state index contributed by atoms with van der Waals surface area (Å²) in [4.78, 5) is 28.2. The summed E-state index contributed by atoms with van der Waals surface area (Å²) in [5.74, 6) is 0.572. The van der Waals surface area contributed by atoms with Gasteiger partial charge < -0.3 is 14.5 Å². The molecular formula is C27H24ClN5O4. The number of non-ortho nitro benzene ring substituents is 1. The maximum Gasteiger partial charge on any atom is 0.272 e. The fraction of sp³-hybridized carbons (Fsp3) is 0.185. The number of nitrogens with zero attached hydrogens (tertiary/aromatic N) is 5. The van der Waals surface area contributed by atoms with Crippen LogP contribution in [0.3, 0.4) is 0 Å². The number of aromatic nitrogens is 2. The minimum atomic E-state index is -0.413. The molecule has 1 amide bonds. The quantitative estimate of drug-likeness (QED) is 0.262. The molecular weight excluding hydrogens is 494 g/mol. The van der Waals surface area contributed by atoms with Gasteiger partial charge in [0, 0.05) is 49.6 Å². The highest BCUT2D eigenvalue weighted by Gasteiger charge is 2.27. The van der Waals surface area contributed by atoms with Crippen molar-refractivity contribution in [2.75, 3.05) is 38.2 Å². The number of nitro benzene ring substituents is 1. The Bertz CT molecular complexity index is 1430. The number of rotatable bonds is 6. The van der Waals surface area contributed by atoms with Gasteiger partial charge in [0.2, 0.25) is 0 Å². The zero-order valence-corrected chi connectivity index (χ0v) is 20.8. The normalized spacial score (nSPS) is 13.5. The summed E-state index contributed by atoms with van der Waals surface area (Å²) in [6.07, 6.45) is 0. The van der Waals surface area contributed by atoms with Crippen LogP contribution in [-0.4, -0.2) is 58.8 Å². The number of benzene rings is 3. The van der Waals surface area contributed by atoms with E-state index in [1.807, 2.05) is 42.5 Å². The van der Waals surface area contributed by atoms with Gasteiger partial charge in [-0.3, -0.25) is 14.9 Å². The van der Waals surface area contributed by atoms with Gasteiger partial charge in [-0.2, -0.15) is 5.10 Å². The monoisotopic (exact) mass is 517 g/mol. The van der Waals surface area contributed by atoms with E-state index in [0.717, 1.165) is 16.9 Å². The minimum Gasteiger partial charge on any atom is -0.497 e. The lowest BCUT2D eigenvalue weighted by atomic mass is 10.1. The van der Waals surface area contributed by atoms with Crippen LogP contribution >= 0.6 is 11.6 Å². The van der Waals surface area contributed by atoms with Crippen molar-refractivity contribution in [2.45, 2.75) is 0 Å². The van der Waals surface area contributed by atoms with E-state index in [-0.39, 0.29) is 11.6 Å². The van der Waals surface area contributed by atoms with Crippen molar-refractivity contribution in [2.24, 2.45) is 0 Å². The van der Waals surface area contributed by atoms with Crippen LogP contribution in [0.15, 0.2) is 78.9 Å². The number of hydrogen-bond acceptors (Lipinski definition) is 6. The highest BCUT2D eigenvalue weighted by molar-refractivity contribution is 6.33. The number of methoxy groups -OCH3 is 1. The van der Waals surface area contributed by atoms with Gasteiger partial charge in [0.1, 0.15) is 11.4 Å². The molecule has 0 bridgehead atoms. The largest absolute Gasteiger partial charge is 0.497 e. The second kappa shape index (κ2) is 10.3. The van der Waals surface area contributed by atoms with Crippen LogP contribution in [0.25, 0.3) is 16.9 Å². The molecule has 0 aliphatic carbocycles. The first kappa shape index (κ1) is 24.3. The van der Waals surface area contributed by atoms with E-state index in [0.29, 0.717) is 48.3 Å². The van der Waals surface area contributed by atoms with Crippen LogP contribution in [0.5, 0.6) is 5.75 Å². The van der Waals surface area contributed by atoms with E-state index in [4.69, 9.17) is 21.4 Å². The van der Waals surface area contributed by atoms with E-state index >= 15 is 0 Å². The second-order valence-electron chi connectivity index (χ2n) is 8.56. The number of anilines is 1. The SMILES string of the molecule is COc1ccc(-n2nc(-c3ccccc3Cl)cc2C(=O)N2CCN(c3ccc([N+](=O)[O-])cc3)CC2)cc1. The van der Waals surface area contributed by atoms with Crippen molar-refractivity contribution in [1.29, 1.82) is 0 Å². The van der Waals surface area contributed by atoms with Gasteiger partial charge in [0.25, 0.3) is 11.6 Å². The van der Waals surface area contributed by atoms with E-state index < -0.39 is 4.92 Å². The van der Waals surface area contributed by atoms with Crippen molar-refractivity contribution >= 4 is 28.9 Å². The van der Waals surface area contributed by atoms with Crippen LogP contribution in [0.2, 0.25) is 5.02 Å². The molecule has 188 valence electrons. The Labute approximate surface area is 218 Å². The van der Waals surface area contributed by atoms with Crippen LogP contribution in [0.4, 0.5) is 11.4 Å². The zero-order valence-electron chi connectivity index (χ0n) is 20.1. The predicted molar refractivity (Wildman–Crippen MR) is 142 cm³/mol. The van der Waals surface area contributed by atoms with Gasteiger partial charge in [-0.1, -0.05) is 29.8 Å². The van der Waals surface area contributed by atoms with Gasteiger partial charge in [-0.25, -0.2) is 4.68 Å². The first-order valence-corrected chi connectivity index (χ1v) is 12.1. The average molecular weight is 518 g/mol. The summed E-state index contributed by atoms with van der Waals surface area (Å²) in [7, 11) is 1.60. The number of amides is 1. The van der Waals surface area contributed by atoms with Crippen molar-refractivity contribution < 1.29 is 14.5 Å². The van der Waals surface area contributed by atoms with E-state index in [9.17, 15) is 14.9 Å². The van der Waals surface area contributed by atoms with E-state index in [2.05, 4.69) is 4.90 Å². The fourth-order valence-corrected chi connectivity index (χ4v) is 4.60. The van der Waals surface area contributed by atoms with Crippen molar-refractivity contribution in [1.82, 2.24) is 14.7 Å². The molecule has 0 N–H and O–H groups in total. The number of ether oxygens (including phenoxy) is 1. The average Bonchev–Trinajstić information content (AvgIpc) is 3.38. The molecule has 1 fully saturated rings. The highest BCUT2D eigenvalue weighted by atomic mass is 35.5. The fourth-order valence-electron chi connectivity index (χ4n) is 4.37. The number of carbonyl (C=O) groups is 1. The Morgan fingerprint density at radius 2 is 1.59 bits per heavy atom. The maximum atomic E-state index is 13.7. The van der Waals surface area contributed by atoms with Gasteiger partial charge in [-0.05, 0) is 48.5 Å². The van der Waals surface area contributed by atoms with Gasteiger partial charge in [-0.15, -0.1) is 0 Å². The Balaban J connectivity index is 1.40. The molecule has 0 unspecified atom stereocenters. The molecule has 2 heterocycles. The Hall–Kier alpha value is -4.37. The molecule has 1 saturated heterocycles. The molecule has 3 aromatic carbocycles. The molecule has 0 saturated carbocycles. The topological polar surface area (TPSA) is 93.7 Å². The number of hydrogen-bond donors (Lipinski definition) is 0. The molecule has 0 radical (unpaired) electrons. The molecule has 5 rings (SSSR count). The van der Waals surface area contributed by atoms with Crippen LogP contribution in [0, 0.1) is 10.1 Å². The number of carbonyl (C=O) groups excluding carboxylic acids is 1. The Morgan fingerprint density at radius 1 is 0.946 bits per heavy atom. The number of halogens is 1. The third-order valence-corrected chi connectivity index (χ3v) is 6.72. The van der Waals surface area contributed by atoms with Crippen molar-refractivity contribution in [3.63, 3.8) is 0 Å². The molecule has 1 aliphatic heterocycles. The number of piperazine rings is 1. The lowest BCUT2D eigenvalue weighted by molar-refractivity contribution is -0.384. The van der Waals surface area contributed by atoms with E-state index in [1.165, 1.54) is 12.1 Å². The van der Waals surface area contributed by atoms with Gasteiger partial charge in [0.15, 0.2) is 0 Å². The van der Waals surface area contributed by atoms with E-state index in [1.54, 1.807) is 41.0 Å².